The average Bonchev–Trinajstić information content (AvgIpc) is 2.46. The minimum absolute atomic E-state index is 0.103. The van der Waals surface area contributed by atoms with Gasteiger partial charge in [-0.3, -0.25) is 9.69 Å². The molecule has 0 saturated heterocycles. The first-order valence-corrected chi connectivity index (χ1v) is 6.80. The predicted molar refractivity (Wildman–Crippen MR) is 80.6 cm³/mol. The summed E-state index contributed by atoms with van der Waals surface area (Å²) in [6.45, 7) is 4.27. The highest BCUT2D eigenvalue weighted by molar-refractivity contribution is 5.92. The summed E-state index contributed by atoms with van der Waals surface area (Å²) < 4.78 is 5.07. The van der Waals surface area contributed by atoms with Gasteiger partial charge in [0.05, 0.1) is 12.5 Å². The van der Waals surface area contributed by atoms with Crippen molar-refractivity contribution in [1.29, 1.82) is 0 Å². The van der Waals surface area contributed by atoms with Gasteiger partial charge in [0, 0.05) is 25.9 Å². The molecule has 2 amide bonds. The van der Waals surface area contributed by atoms with Crippen molar-refractivity contribution < 1.29 is 19.4 Å². The molecule has 0 radical (unpaired) electrons. The number of carboxylic acid groups (broad SMARTS) is 1. The smallest absolute Gasteiger partial charge is 0.321 e. The number of anilines is 1. The van der Waals surface area contributed by atoms with Crippen LogP contribution in [0.15, 0.2) is 24.3 Å². The molecule has 0 saturated carbocycles. The van der Waals surface area contributed by atoms with Crippen LogP contribution in [0.5, 0.6) is 0 Å². The van der Waals surface area contributed by atoms with Crippen LogP contribution in [0.3, 0.4) is 0 Å². The van der Waals surface area contributed by atoms with Gasteiger partial charge < -0.3 is 15.2 Å². The van der Waals surface area contributed by atoms with Crippen LogP contribution in [0.25, 0.3) is 0 Å². The van der Waals surface area contributed by atoms with Gasteiger partial charge in [0.25, 0.3) is 0 Å². The highest BCUT2D eigenvalue weighted by Gasteiger charge is 2.17. The van der Waals surface area contributed by atoms with Crippen molar-refractivity contribution in [1.82, 2.24) is 5.32 Å². The first kappa shape index (κ1) is 17.0. The Balaban J connectivity index is 2.78. The molecule has 0 heterocycles. The van der Waals surface area contributed by atoms with E-state index in [4.69, 9.17) is 9.84 Å². The summed E-state index contributed by atoms with van der Waals surface area (Å²) in [6, 6.07) is 7.04. The number of carbonyl (C=O) groups is 2. The van der Waals surface area contributed by atoms with Gasteiger partial charge in [-0.05, 0) is 26.0 Å². The number of nitrogens with one attached hydrogen (secondary N) is 1. The Morgan fingerprint density at radius 3 is 2.48 bits per heavy atom. The third-order valence-electron chi connectivity index (χ3n) is 3.08. The monoisotopic (exact) mass is 294 g/mol. The molecule has 0 aromatic heterocycles. The van der Waals surface area contributed by atoms with Crippen molar-refractivity contribution in [2.45, 2.75) is 26.4 Å². The number of urea groups is 1. The summed E-state index contributed by atoms with van der Waals surface area (Å²) in [4.78, 5) is 24.4. The largest absolute Gasteiger partial charge is 0.481 e. The topological polar surface area (TPSA) is 78.9 Å². The van der Waals surface area contributed by atoms with Crippen LogP contribution in [-0.4, -0.2) is 43.4 Å². The maximum absolute atomic E-state index is 12.2. The summed E-state index contributed by atoms with van der Waals surface area (Å²) in [5.74, 6) is -0.940. The second-order valence-corrected chi connectivity index (χ2v) is 4.86. The molecule has 21 heavy (non-hydrogen) atoms. The molecule has 2 N–H and O–H groups in total. The maximum Gasteiger partial charge on any atom is 0.321 e. The molecule has 6 nitrogen and oxygen atoms in total. The molecule has 1 aromatic rings. The number of aryl methyl sites for hydroxylation is 1. The van der Waals surface area contributed by atoms with Crippen molar-refractivity contribution in [3.8, 4) is 0 Å². The molecule has 1 unspecified atom stereocenters. The zero-order chi connectivity index (χ0) is 15.8. The van der Waals surface area contributed by atoms with E-state index in [1.54, 1.807) is 19.2 Å². The third-order valence-corrected chi connectivity index (χ3v) is 3.08. The Morgan fingerprint density at radius 2 is 1.95 bits per heavy atom. The van der Waals surface area contributed by atoms with Crippen LogP contribution >= 0.6 is 0 Å². The molecule has 0 fully saturated rings. The fraction of sp³-hybridized carbons (Fsp3) is 0.467. The van der Waals surface area contributed by atoms with Gasteiger partial charge in [-0.25, -0.2) is 4.79 Å². The minimum atomic E-state index is -0.940. The molecule has 0 bridgehead atoms. The lowest BCUT2D eigenvalue weighted by atomic mass is 10.2. The normalized spacial score (nSPS) is 11.8. The van der Waals surface area contributed by atoms with Crippen LogP contribution in [0.4, 0.5) is 10.5 Å². The van der Waals surface area contributed by atoms with Crippen LogP contribution in [-0.2, 0) is 9.53 Å². The van der Waals surface area contributed by atoms with E-state index in [1.165, 1.54) is 4.90 Å². The second kappa shape index (κ2) is 8.26. The Kier molecular flexibility index (Phi) is 6.68. The SMILES string of the molecule is COC(C)CNC(=O)N(CCC(=O)O)c1ccc(C)cc1. The second-order valence-electron chi connectivity index (χ2n) is 4.86. The molecule has 1 rings (SSSR count). The summed E-state index contributed by atoms with van der Waals surface area (Å²) >= 11 is 0. The van der Waals surface area contributed by atoms with E-state index in [1.807, 2.05) is 26.0 Å². The van der Waals surface area contributed by atoms with E-state index in [0.717, 1.165) is 5.56 Å². The minimum Gasteiger partial charge on any atom is -0.481 e. The van der Waals surface area contributed by atoms with E-state index in [9.17, 15) is 9.59 Å². The molecular formula is C15H22N2O4. The number of aliphatic carboxylic acids is 1. The number of ether oxygens (including phenoxy) is 1. The van der Waals surface area contributed by atoms with Crippen molar-refractivity contribution in [2.75, 3.05) is 25.1 Å². The van der Waals surface area contributed by atoms with Gasteiger partial charge in [0.15, 0.2) is 0 Å². The van der Waals surface area contributed by atoms with E-state index in [-0.39, 0.29) is 25.1 Å². The Bertz CT molecular complexity index is 473. The van der Waals surface area contributed by atoms with Crippen molar-refractivity contribution in [3.63, 3.8) is 0 Å². The third kappa shape index (κ3) is 5.83. The van der Waals surface area contributed by atoms with Crippen LogP contribution < -0.4 is 10.2 Å². The van der Waals surface area contributed by atoms with Crippen LogP contribution in [0, 0.1) is 6.92 Å². The van der Waals surface area contributed by atoms with Crippen molar-refractivity contribution in [3.05, 3.63) is 29.8 Å². The number of rotatable bonds is 7. The molecule has 0 aliphatic rings. The number of amides is 2. The number of methoxy groups -OCH3 is 1. The number of hydrogen-bond donors (Lipinski definition) is 2. The highest BCUT2D eigenvalue weighted by Crippen LogP contribution is 2.15. The molecule has 1 atom stereocenters. The van der Waals surface area contributed by atoms with Crippen molar-refractivity contribution >= 4 is 17.7 Å². The standard InChI is InChI=1S/C15H22N2O4/c1-11-4-6-13(7-5-11)17(9-8-14(18)19)15(20)16-10-12(2)21-3/h4-7,12H,8-10H2,1-3H3,(H,16,20)(H,18,19). The van der Waals surface area contributed by atoms with Crippen LogP contribution in [0.1, 0.15) is 18.9 Å². The van der Waals surface area contributed by atoms with Gasteiger partial charge in [-0.2, -0.15) is 0 Å². The van der Waals surface area contributed by atoms with E-state index in [0.29, 0.717) is 12.2 Å². The lowest BCUT2D eigenvalue weighted by Gasteiger charge is -2.23. The summed E-state index contributed by atoms with van der Waals surface area (Å²) in [7, 11) is 1.57. The van der Waals surface area contributed by atoms with Crippen LogP contribution in [0.2, 0.25) is 0 Å². The Morgan fingerprint density at radius 1 is 1.33 bits per heavy atom. The maximum atomic E-state index is 12.2. The highest BCUT2D eigenvalue weighted by atomic mass is 16.5. The quantitative estimate of drug-likeness (QED) is 0.806. The zero-order valence-electron chi connectivity index (χ0n) is 12.6. The predicted octanol–water partition coefficient (Wildman–Crippen LogP) is 2.02. The lowest BCUT2D eigenvalue weighted by molar-refractivity contribution is -0.136. The van der Waals surface area contributed by atoms with E-state index in [2.05, 4.69) is 5.32 Å². The van der Waals surface area contributed by atoms with Gasteiger partial charge in [-0.15, -0.1) is 0 Å². The molecule has 1 aromatic carbocycles. The average molecular weight is 294 g/mol. The molecule has 116 valence electrons. The number of hydrogen-bond acceptors (Lipinski definition) is 3. The van der Waals surface area contributed by atoms with E-state index < -0.39 is 5.97 Å². The molecule has 0 aliphatic heterocycles. The Labute approximate surface area is 124 Å². The van der Waals surface area contributed by atoms with E-state index >= 15 is 0 Å². The number of benzene rings is 1. The fourth-order valence-corrected chi connectivity index (χ4v) is 1.69. The number of carboxylic acids is 1. The first-order chi connectivity index (χ1) is 9.93. The van der Waals surface area contributed by atoms with Crippen molar-refractivity contribution in [2.24, 2.45) is 0 Å². The first-order valence-electron chi connectivity index (χ1n) is 6.80. The molecular weight excluding hydrogens is 272 g/mol. The van der Waals surface area contributed by atoms with Gasteiger partial charge in [0.2, 0.25) is 0 Å². The Hall–Kier alpha value is -2.08. The molecule has 6 heteroatoms. The number of carbonyl (C=O) groups excluding carboxylic acids is 1. The lowest BCUT2D eigenvalue weighted by Crippen LogP contribution is -2.43. The molecule has 0 spiro atoms. The summed E-state index contributed by atoms with van der Waals surface area (Å²) in [5, 5.41) is 11.6. The fourth-order valence-electron chi connectivity index (χ4n) is 1.69. The zero-order valence-corrected chi connectivity index (χ0v) is 12.6. The summed E-state index contributed by atoms with van der Waals surface area (Å²) in [6.07, 6.45) is -0.213. The van der Waals surface area contributed by atoms with Gasteiger partial charge in [0.1, 0.15) is 0 Å². The van der Waals surface area contributed by atoms with Gasteiger partial charge >= 0.3 is 12.0 Å². The van der Waals surface area contributed by atoms with Gasteiger partial charge in [-0.1, -0.05) is 17.7 Å². The summed E-state index contributed by atoms with van der Waals surface area (Å²) in [5.41, 5.74) is 1.75. The molecule has 0 aliphatic carbocycles. The number of nitrogens with zero attached hydrogens (tertiary/aromatic N) is 1.